The van der Waals surface area contributed by atoms with Gasteiger partial charge in [0.15, 0.2) is 11.5 Å². The fourth-order valence-electron chi connectivity index (χ4n) is 5.38. The third kappa shape index (κ3) is 2.58. The highest BCUT2D eigenvalue weighted by Gasteiger charge is 2.43. The second kappa shape index (κ2) is 6.66. The molecule has 2 aliphatic carbocycles. The highest BCUT2D eigenvalue weighted by molar-refractivity contribution is 5.78. The lowest BCUT2D eigenvalue weighted by Gasteiger charge is -2.36. The van der Waals surface area contributed by atoms with Crippen LogP contribution in [0.5, 0.6) is 5.75 Å². The van der Waals surface area contributed by atoms with Gasteiger partial charge in [-0.25, -0.2) is 14.5 Å². The second-order valence-electron chi connectivity index (χ2n) is 8.45. The van der Waals surface area contributed by atoms with Crippen LogP contribution >= 0.6 is 0 Å². The molecule has 0 bridgehead atoms. The van der Waals surface area contributed by atoms with E-state index >= 15 is 0 Å². The van der Waals surface area contributed by atoms with Crippen molar-refractivity contribution in [3.05, 3.63) is 66.0 Å². The van der Waals surface area contributed by atoms with Gasteiger partial charge in [-0.05, 0) is 56.0 Å². The van der Waals surface area contributed by atoms with Crippen molar-refractivity contribution in [3.63, 3.8) is 0 Å². The van der Waals surface area contributed by atoms with E-state index in [0.29, 0.717) is 6.61 Å². The van der Waals surface area contributed by atoms with Crippen molar-refractivity contribution in [1.29, 1.82) is 0 Å². The van der Waals surface area contributed by atoms with Crippen LogP contribution in [0.3, 0.4) is 0 Å². The van der Waals surface area contributed by atoms with Crippen LogP contribution < -0.4 is 4.74 Å². The minimum Gasteiger partial charge on any atom is -0.494 e. The summed E-state index contributed by atoms with van der Waals surface area (Å²) in [6.07, 6.45) is 7.82. The SMILES string of the molecule is CCOc1ccc(-c2nc3c4c(ncn3n2)-c2ccccc2CC42CCCC2)cc1. The zero-order valence-corrected chi connectivity index (χ0v) is 17.1. The molecule has 2 aromatic heterocycles. The van der Waals surface area contributed by atoms with Crippen LogP contribution in [0.4, 0.5) is 0 Å². The molecule has 2 aliphatic rings. The van der Waals surface area contributed by atoms with Crippen molar-refractivity contribution in [2.75, 3.05) is 6.61 Å². The molecule has 1 spiro atoms. The normalized spacial score (nSPS) is 16.6. The molecule has 0 saturated heterocycles. The van der Waals surface area contributed by atoms with E-state index in [4.69, 9.17) is 19.8 Å². The molecule has 1 fully saturated rings. The van der Waals surface area contributed by atoms with Crippen LogP contribution in [-0.4, -0.2) is 26.2 Å². The van der Waals surface area contributed by atoms with Gasteiger partial charge in [0, 0.05) is 22.1 Å². The smallest absolute Gasteiger partial charge is 0.182 e. The first kappa shape index (κ1) is 17.6. The Kier molecular flexibility index (Phi) is 3.91. The number of fused-ring (bicyclic) bond motifs is 6. The van der Waals surface area contributed by atoms with Crippen molar-refractivity contribution >= 4 is 5.65 Å². The molecule has 0 amide bonds. The second-order valence-corrected chi connectivity index (χ2v) is 8.45. The molecule has 2 heterocycles. The maximum absolute atomic E-state index is 5.57. The first-order valence-electron chi connectivity index (χ1n) is 10.8. The molecule has 5 nitrogen and oxygen atoms in total. The Hall–Kier alpha value is -3.21. The van der Waals surface area contributed by atoms with Crippen molar-refractivity contribution in [1.82, 2.24) is 19.6 Å². The van der Waals surface area contributed by atoms with Gasteiger partial charge in [-0.1, -0.05) is 37.1 Å². The molecule has 0 radical (unpaired) electrons. The maximum atomic E-state index is 5.57. The van der Waals surface area contributed by atoms with E-state index in [1.165, 1.54) is 42.4 Å². The average molecular weight is 396 g/mol. The van der Waals surface area contributed by atoms with E-state index in [0.717, 1.165) is 34.9 Å². The fraction of sp³-hybridized carbons (Fsp3) is 0.320. The van der Waals surface area contributed by atoms with Gasteiger partial charge in [0.05, 0.1) is 12.3 Å². The van der Waals surface area contributed by atoms with Crippen molar-refractivity contribution < 1.29 is 4.74 Å². The summed E-state index contributed by atoms with van der Waals surface area (Å²) in [4.78, 5) is 9.93. The highest BCUT2D eigenvalue weighted by atomic mass is 16.5. The zero-order valence-electron chi connectivity index (χ0n) is 17.1. The van der Waals surface area contributed by atoms with Crippen LogP contribution in [0.15, 0.2) is 54.9 Å². The van der Waals surface area contributed by atoms with Gasteiger partial charge < -0.3 is 4.74 Å². The lowest BCUT2D eigenvalue weighted by Crippen LogP contribution is -2.31. The predicted octanol–water partition coefficient (Wildman–Crippen LogP) is 5.22. The van der Waals surface area contributed by atoms with Crippen molar-refractivity contribution in [2.24, 2.45) is 0 Å². The van der Waals surface area contributed by atoms with Crippen LogP contribution in [0.1, 0.15) is 43.7 Å². The number of benzene rings is 2. The van der Waals surface area contributed by atoms with Gasteiger partial charge in [-0.15, -0.1) is 5.10 Å². The minimum absolute atomic E-state index is 0.127. The quantitative estimate of drug-likeness (QED) is 0.476. The van der Waals surface area contributed by atoms with E-state index in [1.807, 2.05) is 42.0 Å². The summed E-state index contributed by atoms with van der Waals surface area (Å²) in [6.45, 7) is 2.65. The highest BCUT2D eigenvalue weighted by Crippen LogP contribution is 2.52. The number of rotatable bonds is 3. The Labute approximate surface area is 175 Å². The first-order chi connectivity index (χ1) is 14.8. The summed E-state index contributed by atoms with van der Waals surface area (Å²) in [6, 6.07) is 16.7. The third-order valence-corrected chi connectivity index (χ3v) is 6.70. The number of hydrogen-bond donors (Lipinski definition) is 0. The van der Waals surface area contributed by atoms with Crippen LogP contribution in [0.2, 0.25) is 0 Å². The van der Waals surface area contributed by atoms with Crippen LogP contribution in [0.25, 0.3) is 28.3 Å². The van der Waals surface area contributed by atoms with Crippen LogP contribution in [-0.2, 0) is 11.8 Å². The lowest BCUT2D eigenvalue weighted by molar-refractivity contribution is 0.340. The number of aromatic nitrogens is 4. The lowest BCUT2D eigenvalue weighted by atomic mass is 9.68. The summed E-state index contributed by atoms with van der Waals surface area (Å²) in [5.74, 6) is 1.60. The van der Waals surface area contributed by atoms with Gasteiger partial charge in [-0.2, -0.15) is 0 Å². The maximum Gasteiger partial charge on any atom is 0.182 e. The Morgan fingerprint density at radius 1 is 1.03 bits per heavy atom. The summed E-state index contributed by atoms with van der Waals surface area (Å²) < 4.78 is 7.44. The molecule has 6 rings (SSSR count). The topological polar surface area (TPSA) is 52.3 Å². The van der Waals surface area contributed by atoms with Gasteiger partial charge in [0.25, 0.3) is 0 Å². The number of ether oxygens (including phenoxy) is 1. The molecule has 1 saturated carbocycles. The summed E-state index contributed by atoms with van der Waals surface area (Å²) in [5, 5.41) is 4.78. The standard InChI is InChI=1S/C25H24N4O/c1-2-30-19-11-9-17(10-12-19)23-27-24-21-22(26-16-29(24)28-23)20-8-4-3-7-18(20)15-25(21)13-5-6-14-25/h3-4,7-12,16H,2,5-6,13-15H2,1H3. The Morgan fingerprint density at radius 2 is 1.83 bits per heavy atom. The van der Waals surface area contributed by atoms with Gasteiger partial charge in [-0.3, -0.25) is 0 Å². The van der Waals surface area contributed by atoms with Gasteiger partial charge in [0.2, 0.25) is 0 Å². The average Bonchev–Trinajstić information content (AvgIpc) is 3.42. The monoisotopic (exact) mass is 396 g/mol. The van der Waals surface area contributed by atoms with E-state index in [-0.39, 0.29) is 5.41 Å². The van der Waals surface area contributed by atoms with E-state index in [1.54, 1.807) is 0 Å². The van der Waals surface area contributed by atoms with E-state index in [2.05, 4.69) is 24.3 Å². The summed E-state index contributed by atoms with van der Waals surface area (Å²) in [7, 11) is 0. The number of hydrogen-bond acceptors (Lipinski definition) is 4. The molecule has 5 heteroatoms. The molecule has 0 N–H and O–H groups in total. The van der Waals surface area contributed by atoms with Crippen molar-refractivity contribution in [3.8, 4) is 28.4 Å². The molecule has 0 atom stereocenters. The zero-order chi connectivity index (χ0) is 20.1. The number of nitrogens with zero attached hydrogens (tertiary/aromatic N) is 4. The summed E-state index contributed by atoms with van der Waals surface area (Å²) >= 11 is 0. The van der Waals surface area contributed by atoms with Crippen LogP contribution in [0, 0.1) is 0 Å². The Bertz CT molecular complexity index is 1240. The Balaban J connectivity index is 1.54. The molecule has 30 heavy (non-hydrogen) atoms. The van der Waals surface area contributed by atoms with E-state index < -0.39 is 0 Å². The molecule has 150 valence electrons. The first-order valence-corrected chi connectivity index (χ1v) is 10.8. The molecule has 0 aliphatic heterocycles. The molecular weight excluding hydrogens is 372 g/mol. The molecule has 4 aromatic rings. The summed E-state index contributed by atoms with van der Waals surface area (Å²) in [5.41, 5.74) is 7.13. The predicted molar refractivity (Wildman–Crippen MR) is 117 cm³/mol. The van der Waals surface area contributed by atoms with E-state index in [9.17, 15) is 0 Å². The van der Waals surface area contributed by atoms with Crippen molar-refractivity contribution in [2.45, 2.75) is 44.4 Å². The third-order valence-electron chi connectivity index (χ3n) is 6.70. The Morgan fingerprint density at radius 3 is 2.63 bits per heavy atom. The van der Waals surface area contributed by atoms with Gasteiger partial charge in [0.1, 0.15) is 12.1 Å². The molecular formula is C25H24N4O. The fourth-order valence-corrected chi connectivity index (χ4v) is 5.38. The molecule has 2 aromatic carbocycles. The molecule has 0 unspecified atom stereocenters. The van der Waals surface area contributed by atoms with Gasteiger partial charge >= 0.3 is 0 Å². The minimum atomic E-state index is 0.127. The largest absolute Gasteiger partial charge is 0.494 e.